The summed E-state index contributed by atoms with van der Waals surface area (Å²) in [6.07, 6.45) is 0. The third-order valence-electron chi connectivity index (χ3n) is 4.68. The number of rotatable bonds is 5. The molecule has 0 aliphatic heterocycles. The highest BCUT2D eigenvalue weighted by atomic mass is 35.5. The predicted molar refractivity (Wildman–Crippen MR) is 119 cm³/mol. The Kier molecular flexibility index (Phi) is 5.42. The molecule has 4 aromatic rings. The number of aromatic nitrogens is 3. The molecule has 1 amide bonds. The second-order valence-corrected chi connectivity index (χ2v) is 7.53. The number of halogens is 1. The third-order valence-corrected chi connectivity index (χ3v) is 5.28. The molecular formula is C23H21ClN4O2. The molecule has 1 N–H and O–H groups in total. The fourth-order valence-corrected chi connectivity index (χ4v) is 3.36. The van der Waals surface area contributed by atoms with Crippen LogP contribution in [0.25, 0.3) is 16.7 Å². The molecule has 0 radical (unpaired) electrons. The molecular weight excluding hydrogens is 400 g/mol. The number of hydrogen-bond donors (Lipinski definition) is 1. The van der Waals surface area contributed by atoms with Crippen LogP contribution in [0.15, 0.2) is 54.6 Å². The van der Waals surface area contributed by atoms with E-state index in [2.05, 4.69) is 15.4 Å². The highest BCUT2D eigenvalue weighted by Crippen LogP contribution is 2.26. The molecule has 152 valence electrons. The van der Waals surface area contributed by atoms with E-state index in [4.69, 9.17) is 16.3 Å². The second kappa shape index (κ2) is 8.16. The maximum absolute atomic E-state index is 12.5. The number of fused-ring (bicyclic) bond motifs is 1. The van der Waals surface area contributed by atoms with Gasteiger partial charge in [0.05, 0.1) is 11.2 Å². The highest BCUT2D eigenvalue weighted by molar-refractivity contribution is 6.32. The minimum Gasteiger partial charge on any atom is -0.484 e. The molecule has 4 rings (SSSR count). The Morgan fingerprint density at radius 3 is 2.57 bits per heavy atom. The summed E-state index contributed by atoms with van der Waals surface area (Å²) in [5.41, 5.74) is 3.44. The van der Waals surface area contributed by atoms with Gasteiger partial charge in [0.25, 0.3) is 5.91 Å². The van der Waals surface area contributed by atoms with E-state index in [-0.39, 0.29) is 12.5 Å². The zero-order valence-corrected chi connectivity index (χ0v) is 17.7. The van der Waals surface area contributed by atoms with Gasteiger partial charge in [0.1, 0.15) is 11.6 Å². The number of nitrogens with zero attached hydrogens (tertiary/aromatic N) is 3. The van der Waals surface area contributed by atoms with Crippen molar-refractivity contribution in [3.8, 4) is 11.6 Å². The largest absolute Gasteiger partial charge is 0.484 e. The van der Waals surface area contributed by atoms with E-state index in [0.717, 1.165) is 27.7 Å². The van der Waals surface area contributed by atoms with Crippen LogP contribution < -0.4 is 10.1 Å². The number of hydrogen-bond acceptors (Lipinski definition) is 4. The normalized spacial score (nSPS) is 10.9. The lowest BCUT2D eigenvalue weighted by atomic mass is 10.1. The van der Waals surface area contributed by atoms with Gasteiger partial charge < -0.3 is 10.1 Å². The molecule has 7 heteroatoms. The average Bonchev–Trinajstić information content (AvgIpc) is 3.10. The highest BCUT2D eigenvalue weighted by Gasteiger charge is 2.13. The van der Waals surface area contributed by atoms with E-state index in [1.54, 1.807) is 10.7 Å². The third kappa shape index (κ3) is 4.14. The molecule has 2 aromatic carbocycles. The van der Waals surface area contributed by atoms with Crippen molar-refractivity contribution < 1.29 is 9.53 Å². The quantitative estimate of drug-likeness (QED) is 0.492. The zero-order chi connectivity index (χ0) is 21.3. The van der Waals surface area contributed by atoms with Crippen LogP contribution in [-0.4, -0.2) is 27.3 Å². The van der Waals surface area contributed by atoms with Gasteiger partial charge >= 0.3 is 0 Å². The minimum absolute atomic E-state index is 0.129. The molecule has 0 saturated carbocycles. The SMILES string of the molecule is Cc1cc(NC(=O)COc2cc(C)c(Cl)c(C)c2)n(-c2ccc3ccccc3n2)n1. The van der Waals surface area contributed by atoms with Crippen LogP contribution in [-0.2, 0) is 4.79 Å². The van der Waals surface area contributed by atoms with Gasteiger partial charge in [-0.25, -0.2) is 4.98 Å². The van der Waals surface area contributed by atoms with E-state index in [1.807, 2.05) is 69.3 Å². The lowest BCUT2D eigenvalue weighted by Crippen LogP contribution is -2.22. The number of para-hydroxylation sites is 1. The maximum atomic E-state index is 12.5. The monoisotopic (exact) mass is 420 g/mol. The molecule has 2 aromatic heterocycles. The van der Waals surface area contributed by atoms with Gasteiger partial charge in [0, 0.05) is 16.5 Å². The number of nitrogens with one attached hydrogen (secondary N) is 1. The number of carbonyl (C=O) groups is 1. The summed E-state index contributed by atoms with van der Waals surface area (Å²) in [5, 5.41) is 9.08. The Morgan fingerprint density at radius 1 is 1.07 bits per heavy atom. The fraction of sp³-hybridized carbons (Fsp3) is 0.174. The van der Waals surface area contributed by atoms with Crippen molar-refractivity contribution in [2.75, 3.05) is 11.9 Å². The number of amides is 1. The smallest absolute Gasteiger partial charge is 0.263 e. The van der Waals surface area contributed by atoms with Crippen LogP contribution >= 0.6 is 11.6 Å². The van der Waals surface area contributed by atoms with Crippen molar-refractivity contribution in [2.24, 2.45) is 0 Å². The van der Waals surface area contributed by atoms with Crippen molar-refractivity contribution in [1.82, 2.24) is 14.8 Å². The molecule has 0 aliphatic carbocycles. The number of carbonyl (C=O) groups excluding carboxylic acids is 1. The summed E-state index contributed by atoms with van der Waals surface area (Å²) < 4.78 is 7.27. The summed E-state index contributed by atoms with van der Waals surface area (Å²) in [6, 6.07) is 17.1. The van der Waals surface area contributed by atoms with E-state index >= 15 is 0 Å². The Hall–Kier alpha value is -3.38. The molecule has 0 saturated heterocycles. The summed E-state index contributed by atoms with van der Waals surface area (Å²) >= 11 is 6.18. The molecule has 0 bridgehead atoms. The molecule has 0 unspecified atom stereocenters. The number of anilines is 1. The molecule has 0 spiro atoms. The predicted octanol–water partition coefficient (Wildman–Crippen LogP) is 5.02. The first-order chi connectivity index (χ1) is 14.4. The summed E-state index contributed by atoms with van der Waals surface area (Å²) in [5.74, 6) is 1.47. The number of benzene rings is 2. The van der Waals surface area contributed by atoms with E-state index < -0.39 is 0 Å². The van der Waals surface area contributed by atoms with Crippen molar-refractivity contribution in [3.63, 3.8) is 0 Å². The number of ether oxygens (including phenoxy) is 1. The Labute approximate surface area is 179 Å². The van der Waals surface area contributed by atoms with Crippen molar-refractivity contribution in [3.05, 3.63) is 76.4 Å². The lowest BCUT2D eigenvalue weighted by molar-refractivity contribution is -0.118. The van der Waals surface area contributed by atoms with Gasteiger partial charge in [0.15, 0.2) is 12.4 Å². The fourth-order valence-electron chi connectivity index (χ4n) is 3.25. The topological polar surface area (TPSA) is 69.0 Å². The van der Waals surface area contributed by atoms with Crippen LogP contribution in [0.2, 0.25) is 5.02 Å². The van der Waals surface area contributed by atoms with Crippen molar-refractivity contribution >= 4 is 34.2 Å². The zero-order valence-electron chi connectivity index (χ0n) is 16.9. The summed E-state index contributed by atoms with van der Waals surface area (Å²) in [7, 11) is 0. The van der Waals surface area contributed by atoms with Crippen LogP contribution in [0, 0.1) is 20.8 Å². The molecule has 0 aliphatic rings. The maximum Gasteiger partial charge on any atom is 0.263 e. The van der Waals surface area contributed by atoms with Gasteiger partial charge in [0.2, 0.25) is 0 Å². The average molecular weight is 421 g/mol. The Balaban J connectivity index is 1.51. The lowest BCUT2D eigenvalue weighted by Gasteiger charge is -2.11. The first kappa shape index (κ1) is 19.9. The molecule has 2 heterocycles. The van der Waals surface area contributed by atoms with Gasteiger partial charge in [-0.3, -0.25) is 4.79 Å². The Morgan fingerprint density at radius 2 is 1.80 bits per heavy atom. The van der Waals surface area contributed by atoms with E-state index in [0.29, 0.717) is 22.4 Å². The van der Waals surface area contributed by atoms with Gasteiger partial charge in [-0.1, -0.05) is 29.8 Å². The van der Waals surface area contributed by atoms with E-state index in [9.17, 15) is 4.79 Å². The summed E-state index contributed by atoms with van der Waals surface area (Å²) in [6.45, 7) is 5.54. The Bertz CT molecular complexity index is 1230. The molecule has 6 nitrogen and oxygen atoms in total. The number of aryl methyl sites for hydroxylation is 3. The van der Waals surface area contributed by atoms with Crippen LogP contribution in [0.5, 0.6) is 5.75 Å². The molecule has 30 heavy (non-hydrogen) atoms. The molecule has 0 atom stereocenters. The second-order valence-electron chi connectivity index (χ2n) is 7.15. The van der Waals surface area contributed by atoms with Crippen LogP contribution in [0.1, 0.15) is 16.8 Å². The van der Waals surface area contributed by atoms with Gasteiger partial charge in [-0.2, -0.15) is 9.78 Å². The van der Waals surface area contributed by atoms with Crippen LogP contribution in [0.4, 0.5) is 5.82 Å². The molecule has 0 fully saturated rings. The van der Waals surface area contributed by atoms with Gasteiger partial charge in [-0.15, -0.1) is 0 Å². The van der Waals surface area contributed by atoms with Gasteiger partial charge in [-0.05, 0) is 62.2 Å². The standard InChI is InChI=1S/C23H21ClN4O2/c1-14-10-18(11-15(2)23(14)24)30-13-22(29)26-21-12-16(3)27-28(21)20-9-8-17-6-4-5-7-19(17)25-20/h4-12H,13H2,1-3H3,(H,26,29). The first-order valence-electron chi connectivity index (χ1n) is 9.53. The van der Waals surface area contributed by atoms with E-state index in [1.165, 1.54) is 0 Å². The van der Waals surface area contributed by atoms with Crippen molar-refractivity contribution in [1.29, 1.82) is 0 Å². The number of pyridine rings is 1. The van der Waals surface area contributed by atoms with Crippen LogP contribution in [0.3, 0.4) is 0 Å². The van der Waals surface area contributed by atoms with Crippen molar-refractivity contribution in [2.45, 2.75) is 20.8 Å². The summed E-state index contributed by atoms with van der Waals surface area (Å²) in [4.78, 5) is 17.2. The minimum atomic E-state index is -0.290. The first-order valence-corrected chi connectivity index (χ1v) is 9.91.